The van der Waals surface area contributed by atoms with Crippen LogP contribution in [0.3, 0.4) is 0 Å². The standard InChI is InChI=1S/C24H25ClFN3O3S/c1-24(2,3)29(23(31)32)8-6-16-11-27-22(30)21-20(14-7-9-33-13-14)18(12-28(16)21)17-10-15(25)4-5-19(17)26/h4-5,7,9-10,12-13,16H,6,8,11H2,1-3H3,(H,27,30)(H,31,32). The Bertz CT molecular complexity index is 1200. The molecule has 1 unspecified atom stereocenters. The van der Waals surface area contributed by atoms with Crippen LogP contribution in [0.4, 0.5) is 9.18 Å². The summed E-state index contributed by atoms with van der Waals surface area (Å²) < 4.78 is 16.7. The van der Waals surface area contributed by atoms with E-state index in [4.69, 9.17) is 11.6 Å². The van der Waals surface area contributed by atoms with Crippen LogP contribution < -0.4 is 5.32 Å². The SMILES string of the molecule is CC(C)(C)N(CCC1CNC(=O)c2c(-c3ccsc3)c(-c3cc(Cl)ccc3F)cn21)C(=O)O. The second kappa shape index (κ2) is 8.83. The van der Waals surface area contributed by atoms with Crippen molar-refractivity contribution in [3.63, 3.8) is 0 Å². The van der Waals surface area contributed by atoms with Gasteiger partial charge in [-0.2, -0.15) is 11.3 Å². The average molecular weight is 490 g/mol. The Balaban J connectivity index is 1.82. The number of aromatic nitrogens is 1. The highest BCUT2D eigenvalue weighted by Gasteiger charge is 2.33. The molecule has 2 N–H and O–H groups in total. The minimum Gasteiger partial charge on any atom is -0.465 e. The quantitative estimate of drug-likeness (QED) is 0.452. The van der Waals surface area contributed by atoms with Crippen LogP contribution in [0.15, 0.2) is 41.2 Å². The van der Waals surface area contributed by atoms with Gasteiger partial charge in [0.2, 0.25) is 0 Å². The first-order valence-corrected chi connectivity index (χ1v) is 11.9. The van der Waals surface area contributed by atoms with Gasteiger partial charge in [0.25, 0.3) is 5.91 Å². The van der Waals surface area contributed by atoms with E-state index in [1.807, 2.05) is 42.2 Å². The maximum Gasteiger partial charge on any atom is 0.407 e. The summed E-state index contributed by atoms with van der Waals surface area (Å²) in [5.74, 6) is -0.674. The van der Waals surface area contributed by atoms with Gasteiger partial charge in [-0.15, -0.1) is 0 Å². The van der Waals surface area contributed by atoms with Crippen LogP contribution in [0.1, 0.15) is 43.7 Å². The molecule has 0 bridgehead atoms. The van der Waals surface area contributed by atoms with Crippen molar-refractivity contribution in [3.8, 4) is 22.3 Å². The molecule has 4 rings (SSSR count). The van der Waals surface area contributed by atoms with Gasteiger partial charge in [-0.05, 0) is 67.8 Å². The van der Waals surface area contributed by atoms with E-state index >= 15 is 0 Å². The fourth-order valence-corrected chi connectivity index (χ4v) is 5.10. The van der Waals surface area contributed by atoms with E-state index in [0.29, 0.717) is 46.9 Å². The van der Waals surface area contributed by atoms with Crippen molar-refractivity contribution >= 4 is 34.9 Å². The van der Waals surface area contributed by atoms with Crippen molar-refractivity contribution in [1.29, 1.82) is 0 Å². The van der Waals surface area contributed by atoms with Crippen molar-refractivity contribution in [2.45, 2.75) is 38.8 Å². The van der Waals surface area contributed by atoms with Crippen LogP contribution in [0.5, 0.6) is 0 Å². The monoisotopic (exact) mass is 489 g/mol. The molecule has 174 valence electrons. The molecule has 0 spiro atoms. The third-order valence-electron chi connectivity index (χ3n) is 5.89. The number of carbonyl (C=O) groups is 2. The lowest BCUT2D eigenvalue weighted by Crippen LogP contribution is -2.47. The molecular weight excluding hydrogens is 465 g/mol. The van der Waals surface area contributed by atoms with Crippen LogP contribution >= 0.6 is 22.9 Å². The van der Waals surface area contributed by atoms with Gasteiger partial charge in [-0.3, -0.25) is 4.79 Å². The van der Waals surface area contributed by atoms with Crippen LogP contribution in [-0.2, 0) is 0 Å². The Labute approximate surface area is 200 Å². The molecule has 2 amide bonds. The third kappa shape index (κ3) is 4.50. The Kier molecular flexibility index (Phi) is 6.24. The topological polar surface area (TPSA) is 74.6 Å². The van der Waals surface area contributed by atoms with Gasteiger partial charge in [-0.1, -0.05) is 11.6 Å². The number of rotatable bonds is 5. The summed E-state index contributed by atoms with van der Waals surface area (Å²) in [6.45, 7) is 6.20. The van der Waals surface area contributed by atoms with Crippen molar-refractivity contribution < 1.29 is 19.1 Å². The van der Waals surface area contributed by atoms with Gasteiger partial charge in [-0.25, -0.2) is 9.18 Å². The molecule has 2 aromatic heterocycles. The molecule has 1 aliphatic rings. The zero-order chi connectivity index (χ0) is 23.9. The summed E-state index contributed by atoms with van der Waals surface area (Å²) in [5, 5.41) is 16.8. The maximum atomic E-state index is 14.9. The van der Waals surface area contributed by atoms with E-state index in [2.05, 4.69) is 5.32 Å². The van der Waals surface area contributed by atoms with Gasteiger partial charge in [0.15, 0.2) is 0 Å². The van der Waals surface area contributed by atoms with Gasteiger partial charge in [0.05, 0.1) is 6.04 Å². The highest BCUT2D eigenvalue weighted by molar-refractivity contribution is 7.08. The lowest BCUT2D eigenvalue weighted by Gasteiger charge is -2.35. The number of nitrogens with one attached hydrogen (secondary N) is 1. The molecule has 0 saturated heterocycles. The van der Waals surface area contributed by atoms with E-state index in [1.54, 1.807) is 12.3 Å². The highest BCUT2D eigenvalue weighted by Crippen LogP contribution is 2.42. The maximum absolute atomic E-state index is 14.9. The summed E-state index contributed by atoms with van der Waals surface area (Å²) in [4.78, 5) is 26.2. The van der Waals surface area contributed by atoms with Crippen LogP contribution in [0.2, 0.25) is 5.02 Å². The predicted octanol–water partition coefficient (Wildman–Crippen LogP) is 6.13. The summed E-state index contributed by atoms with van der Waals surface area (Å²) in [6.07, 6.45) is 1.30. The zero-order valence-electron chi connectivity index (χ0n) is 18.6. The van der Waals surface area contributed by atoms with Crippen LogP contribution in [0, 0.1) is 5.82 Å². The molecule has 9 heteroatoms. The number of hydrogen-bond acceptors (Lipinski definition) is 3. The second-order valence-corrected chi connectivity index (χ2v) is 10.3. The summed E-state index contributed by atoms with van der Waals surface area (Å²) >= 11 is 7.66. The van der Waals surface area contributed by atoms with Crippen molar-refractivity contribution in [2.75, 3.05) is 13.1 Å². The molecule has 0 radical (unpaired) electrons. The minimum absolute atomic E-state index is 0.185. The number of carbonyl (C=O) groups excluding carboxylic acids is 1. The van der Waals surface area contributed by atoms with Gasteiger partial charge in [0.1, 0.15) is 11.5 Å². The number of nitrogens with zero attached hydrogens (tertiary/aromatic N) is 2. The van der Waals surface area contributed by atoms with Crippen molar-refractivity contribution in [1.82, 2.24) is 14.8 Å². The first-order valence-electron chi connectivity index (χ1n) is 10.6. The Hall–Kier alpha value is -2.84. The highest BCUT2D eigenvalue weighted by atomic mass is 35.5. The molecular formula is C24H25ClFN3O3S. The molecule has 33 heavy (non-hydrogen) atoms. The van der Waals surface area contributed by atoms with E-state index < -0.39 is 17.4 Å². The Morgan fingerprint density at radius 2 is 2.09 bits per heavy atom. The number of hydrogen-bond donors (Lipinski definition) is 2. The largest absolute Gasteiger partial charge is 0.465 e. The van der Waals surface area contributed by atoms with Crippen LogP contribution in [-0.4, -0.2) is 45.2 Å². The first kappa shape index (κ1) is 23.3. The Morgan fingerprint density at radius 3 is 2.73 bits per heavy atom. The van der Waals surface area contributed by atoms with Crippen molar-refractivity contribution in [3.05, 3.63) is 57.8 Å². The van der Waals surface area contributed by atoms with E-state index in [-0.39, 0.29) is 11.9 Å². The number of fused-ring (bicyclic) bond motifs is 1. The minimum atomic E-state index is -0.990. The fourth-order valence-electron chi connectivity index (χ4n) is 4.28. The Morgan fingerprint density at radius 1 is 1.33 bits per heavy atom. The summed E-state index contributed by atoms with van der Waals surface area (Å²) in [7, 11) is 0. The number of thiophene rings is 1. The third-order valence-corrected chi connectivity index (χ3v) is 6.81. The molecule has 6 nitrogen and oxygen atoms in total. The molecule has 1 aromatic carbocycles. The lowest BCUT2D eigenvalue weighted by atomic mass is 9.97. The molecule has 0 aliphatic carbocycles. The van der Waals surface area contributed by atoms with E-state index in [1.165, 1.54) is 28.4 Å². The molecule has 3 aromatic rings. The molecule has 0 saturated carbocycles. The van der Waals surface area contributed by atoms with Crippen LogP contribution in [0.25, 0.3) is 22.3 Å². The number of carboxylic acid groups (broad SMARTS) is 1. The molecule has 1 atom stereocenters. The van der Waals surface area contributed by atoms with E-state index in [9.17, 15) is 19.1 Å². The number of halogens is 2. The lowest BCUT2D eigenvalue weighted by molar-refractivity contribution is 0.0867. The summed E-state index contributed by atoms with van der Waals surface area (Å²) in [6, 6.07) is 6.08. The number of amides is 2. The van der Waals surface area contributed by atoms with E-state index in [0.717, 1.165) is 5.56 Å². The van der Waals surface area contributed by atoms with Gasteiger partial charge >= 0.3 is 6.09 Å². The normalized spacial score (nSPS) is 15.8. The van der Waals surface area contributed by atoms with Crippen molar-refractivity contribution in [2.24, 2.45) is 0 Å². The molecule has 0 fully saturated rings. The number of benzene rings is 1. The smallest absolute Gasteiger partial charge is 0.407 e. The molecule has 1 aliphatic heterocycles. The fraction of sp³-hybridized carbons (Fsp3) is 0.333. The molecule has 3 heterocycles. The van der Waals surface area contributed by atoms with Gasteiger partial charge < -0.3 is 19.9 Å². The second-order valence-electron chi connectivity index (χ2n) is 9.07. The average Bonchev–Trinajstić information content (AvgIpc) is 3.38. The zero-order valence-corrected chi connectivity index (χ0v) is 20.1. The predicted molar refractivity (Wildman–Crippen MR) is 129 cm³/mol. The van der Waals surface area contributed by atoms with Gasteiger partial charge in [0, 0.05) is 46.5 Å². The first-order chi connectivity index (χ1) is 15.6. The summed E-state index contributed by atoms with van der Waals surface area (Å²) in [5.41, 5.74) is 2.25.